The second-order valence-electron chi connectivity index (χ2n) is 5.25. The molecule has 1 atom stereocenters. The van der Waals surface area contributed by atoms with Crippen molar-refractivity contribution >= 4 is 21.6 Å². The van der Waals surface area contributed by atoms with Gasteiger partial charge in [0.15, 0.2) is 0 Å². The highest BCUT2D eigenvalue weighted by atomic mass is 35.5. The molecule has 1 aliphatic rings. The molecule has 1 aliphatic heterocycles. The van der Waals surface area contributed by atoms with Crippen LogP contribution in [0.15, 0.2) is 35.4 Å². The standard InChI is InChI=1S/C14H16ClN3O2S/c1-10-8-16-14(17-10)11-6-7-18(9-11)21(19,20)13-4-2-12(15)3-5-13/h2-5,8,11H,6-7,9H2,1H3,(H,16,17)/t11-/m0/s1. The molecule has 2 heterocycles. The molecule has 1 saturated heterocycles. The van der Waals surface area contributed by atoms with E-state index in [0.29, 0.717) is 18.1 Å². The number of nitrogens with zero attached hydrogens (tertiary/aromatic N) is 2. The van der Waals surface area contributed by atoms with Crippen molar-refractivity contribution in [2.75, 3.05) is 13.1 Å². The average molecular weight is 326 g/mol. The maximum atomic E-state index is 12.6. The van der Waals surface area contributed by atoms with E-state index in [1.54, 1.807) is 30.5 Å². The van der Waals surface area contributed by atoms with E-state index in [-0.39, 0.29) is 10.8 Å². The van der Waals surface area contributed by atoms with Gasteiger partial charge >= 0.3 is 0 Å². The summed E-state index contributed by atoms with van der Waals surface area (Å²) in [5, 5.41) is 0.527. The maximum Gasteiger partial charge on any atom is 0.243 e. The fourth-order valence-electron chi connectivity index (χ4n) is 2.57. The molecule has 3 rings (SSSR count). The minimum absolute atomic E-state index is 0.126. The zero-order valence-corrected chi connectivity index (χ0v) is 13.2. The molecular formula is C14H16ClN3O2S. The summed E-state index contributed by atoms with van der Waals surface area (Å²) >= 11 is 5.81. The lowest BCUT2D eigenvalue weighted by Gasteiger charge is -2.16. The predicted octanol–water partition coefficient (Wildman–Crippen LogP) is 2.55. The summed E-state index contributed by atoms with van der Waals surface area (Å²) in [6, 6.07) is 6.28. The van der Waals surface area contributed by atoms with E-state index in [9.17, 15) is 8.42 Å². The van der Waals surface area contributed by atoms with Gasteiger partial charge < -0.3 is 4.98 Å². The van der Waals surface area contributed by atoms with Crippen LogP contribution in [0.2, 0.25) is 5.02 Å². The molecule has 0 unspecified atom stereocenters. The Hall–Kier alpha value is -1.37. The number of aryl methyl sites for hydroxylation is 1. The van der Waals surface area contributed by atoms with Crippen LogP contribution in [0.4, 0.5) is 0 Å². The SMILES string of the molecule is Cc1cnc([C@H]2CCN(S(=O)(=O)c3ccc(Cl)cc3)C2)[nH]1. The lowest BCUT2D eigenvalue weighted by molar-refractivity contribution is 0.471. The molecule has 0 radical (unpaired) electrons. The number of sulfonamides is 1. The Bertz CT molecular complexity index is 740. The van der Waals surface area contributed by atoms with Crippen LogP contribution in [0.5, 0.6) is 0 Å². The predicted molar refractivity (Wildman–Crippen MR) is 80.9 cm³/mol. The zero-order valence-electron chi connectivity index (χ0n) is 11.6. The number of nitrogens with one attached hydrogen (secondary N) is 1. The molecule has 21 heavy (non-hydrogen) atoms. The van der Waals surface area contributed by atoms with Crippen molar-refractivity contribution in [1.29, 1.82) is 0 Å². The minimum atomic E-state index is -3.46. The van der Waals surface area contributed by atoms with Crippen molar-refractivity contribution in [3.05, 3.63) is 47.0 Å². The summed E-state index contributed by atoms with van der Waals surface area (Å²) in [7, 11) is -3.46. The number of H-pyrrole nitrogens is 1. The number of imidazole rings is 1. The van der Waals surface area contributed by atoms with E-state index < -0.39 is 10.0 Å². The number of hydrogen-bond donors (Lipinski definition) is 1. The summed E-state index contributed by atoms with van der Waals surface area (Å²) in [4.78, 5) is 7.77. The molecule has 0 amide bonds. The molecule has 0 saturated carbocycles. The van der Waals surface area contributed by atoms with Gasteiger partial charge in [0.1, 0.15) is 5.82 Å². The van der Waals surface area contributed by atoms with Crippen molar-refractivity contribution in [2.45, 2.75) is 24.2 Å². The van der Waals surface area contributed by atoms with Gasteiger partial charge in [0.2, 0.25) is 10.0 Å². The smallest absolute Gasteiger partial charge is 0.243 e. The highest BCUT2D eigenvalue weighted by molar-refractivity contribution is 7.89. The number of halogens is 1. The summed E-state index contributed by atoms with van der Waals surface area (Å²) in [5.41, 5.74) is 0.990. The highest BCUT2D eigenvalue weighted by Gasteiger charge is 2.34. The van der Waals surface area contributed by atoms with Gasteiger partial charge in [-0.2, -0.15) is 4.31 Å². The third-order valence-electron chi connectivity index (χ3n) is 3.71. The van der Waals surface area contributed by atoms with Crippen molar-refractivity contribution in [2.24, 2.45) is 0 Å². The Morgan fingerprint density at radius 3 is 2.67 bits per heavy atom. The summed E-state index contributed by atoms with van der Waals surface area (Å²) < 4.78 is 26.7. The van der Waals surface area contributed by atoms with Gasteiger partial charge in [0, 0.05) is 35.9 Å². The first-order valence-corrected chi connectivity index (χ1v) is 8.56. The summed E-state index contributed by atoms with van der Waals surface area (Å²) in [5.74, 6) is 0.988. The number of aromatic amines is 1. The fraction of sp³-hybridized carbons (Fsp3) is 0.357. The average Bonchev–Trinajstić information content (AvgIpc) is 3.08. The monoisotopic (exact) mass is 325 g/mol. The van der Waals surface area contributed by atoms with E-state index in [1.165, 1.54) is 4.31 Å². The van der Waals surface area contributed by atoms with Crippen molar-refractivity contribution in [1.82, 2.24) is 14.3 Å². The van der Waals surface area contributed by atoms with Crippen LogP contribution in [0.1, 0.15) is 23.9 Å². The lowest BCUT2D eigenvalue weighted by Crippen LogP contribution is -2.28. The minimum Gasteiger partial charge on any atom is -0.346 e. The van der Waals surface area contributed by atoms with E-state index >= 15 is 0 Å². The zero-order chi connectivity index (χ0) is 15.0. The van der Waals surface area contributed by atoms with Gasteiger partial charge in [-0.15, -0.1) is 0 Å². The molecule has 7 heteroatoms. The van der Waals surface area contributed by atoms with Gasteiger partial charge in [-0.25, -0.2) is 13.4 Å². The highest BCUT2D eigenvalue weighted by Crippen LogP contribution is 2.29. The molecule has 0 spiro atoms. The topological polar surface area (TPSA) is 66.1 Å². The summed E-state index contributed by atoms with van der Waals surface area (Å²) in [6.45, 7) is 2.90. The number of aromatic nitrogens is 2. The third-order valence-corrected chi connectivity index (χ3v) is 5.84. The second kappa shape index (κ2) is 5.44. The molecule has 2 aromatic rings. The summed E-state index contributed by atoms with van der Waals surface area (Å²) in [6.07, 6.45) is 2.55. The van der Waals surface area contributed by atoms with Gasteiger partial charge in [0.05, 0.1) is 4.90 Å². The van der Waals surface area contributed by atoms with E-state index in [2.05, 4.69) is 9.97 Å². The van der Waals surface area contributed by atoms with Crippen molar-refractivity contribution < 1.29 is 8.42 Å². The molecule has 5 nitrogen and oxygen atoms in total. The number of rotatable bonds is 3. The van der Waals surface area contributed by atoms with Gasteiger partial charge in [-0.1, -0.05) is 11.6 Å². The lowest BCUT2D eigenvalue weighted by atomic mass is 10.1. The Balaban J connectivity index is 1.80. The van der Waals surface area contributed by atoms with Gasteiger partial charge in [-0.05, 0) is 37.6 Å². The van der Waals surface area contributed by atoms with Crippen LogP contribution in [0.3, 0.4) is 0 Å². The molecule has 1 aromatic carbocycles. The molecule has 0 aliphatic carbocycles. The molecule has 1 aromatic heterocycles. The molecule has 1 fully saturated rings. The second-order valence-corrected chi connectivity index (χ2v) is 7.63. The van der Waals surface area contributed by atoms with Crippen molar-refractivity contribution in [3.8, 4) is 0 Å². The van der Waals surface area contributed by atoms with Gasteiger partial charge in [0.25, 0.3) is 0 Å². The number of hydrogen-bond acceptors (Lipinski definition) is 3. The van der Waals surface area contributed by atoms with Crippen LogP contribution in [-0.2, 0) is 10.0 Å². The van der Waals surface area contributed by atoms with Crippen LogP contribution in [0, 0.1) is 6.92 Å². The molecule has 0 bridgehead atoms. The molecule has 112 valence electrons. The first-order valence-electron chi connectivity index (χ1n) is 6.74. The largest absolute Gasteiger partial charge is 0.346 e. The van der Waals surface area contributed by atoms with E-state index in [4.69, 9.17) is 11.6 Å². The van der Waals surface area contributed by atoms with Gasteiger partial charge in [-0.3, -0.25) is 0 Å². The van der Waals surface area contributed by atoms with E-state index in [0.717, 1.165) is 17.9 Å². The number of benzene rings is 1. The first-order chi connectivity index (χ1) is 9.96. The van der Waals surface area contributed by atoms with Crippen LogP contribution >= 0.6 is 11.6 Å². The third kappa shape index (κ3) is 2.84. The van der Waals surface area contributed by atoms with E-state index in [1.807, 2.05) is 6.92 Å². The quantitative estimate of drug-likeness (QED) is 0.943. The van der Waals surface area contributed by atoms with Crippen LogP contribution < -0.4 is 0 Å². The van der Waals surface area contributed by atoms with Crippen molar-refractivity contribution in [3.63, 3.8) is 0 Å². The van der Waals surface area contributed by atoms with Crippen LogP contribution in [0.25, 0.3) is 0 Å². The Labute approximate surface area is 129 Å². The fourth-order valence-corrected chi connectivity index (χ4v) is 4.19. The van der Waals surface area contributed by atoms with Crippen LogP contribution in [-0.4, -0.2) is 35.8 Å². The first kappa shape index (κ1) is 14.6. The Kier molecular flexibility index (Phi) is 3.77. The Morgan fingerprint density at radius 2 is 2.05 bits per heavy atom. The Morgan fingerprint density at radius 1 is 1.33 bits per heavy atom. The maximum absolute atomic E-state index is 12.6. The molecular weight excluding hydrogens is 310 g/mol. The molecule has 1 N–H and O–H groups in total. The normalized spacial score (nSPS) is 20.0.